The molecule has 2 unspecified atom stereocenters. The zero-order chi connectivity index (χ0) is 10.6. The molecule has 1 amide bonds. The monoisotopic (exact) mass is 195 g/mol. The van der Waals surface area contributed by atoms with E-state index >= 15 is 0 Å². The first-order valence-corrected chi connectivity index (χ1v) is 5.00. The lowest BCUT2D eigenvalue weighted by atomic mass is 9.99. The molecule has 78 valence electrons. The van der Waals surface area contributed by atoms with Crippen molar-refractivity contribution in [2.45, 2.75) is 38.3 Å². The van der Waals surface area contributed by atoms with E-state index < -0.39 is 0 Å². The second-order valence-electron chi connectivity index (χ2n) is 3.95. The molecule has 0 bridgehead atoms. The second kappa shape index (κ2) is 4.97. The fourth-order valence-corrected chi connectivity index (χ4v) is 1.77. The van der Waals surface area contributed by atoms with E-state index in [1.807, 2.05) is 6.07 Å². The predicted molar refractivity (Wildman–Crippen MR) is 53.5 cm³/mol. The number of piperidine rings is 1. The topological polar surface area (TPSA) is 56.1 Å². The number of nitrogens with zero attached hydrogens (tertiary/aromatic N) is 2. The van der Waals surface area contributed by atoms with Crippen molar-refractivity contribution in [3.63, 3.8) is 0 Å². The Bertz CT molecular complexity index is 246. The highest BCUT2D eigenvalue weighted by atomic mass is 16.1. The number of hydrogen-bond acceptors (Lipinski definition) is 3. The zero-order valence-corrected chi connectivity index (χ0v) is 8.79. The maximum atomic E-state index is 11.2. The van der Waals surface area contributed by atoms with Crippen molar-refractivity contribution in [1.82, 2.24) is 10.2 Å². The molecule has 14 heavy (non-hydrogen) atoms. The minimum Gasteiger partial charge on any atom is -0.352 e. The van der Waals surface area contributed by atoms with E-state index in [-0.39, 0.29) is 18.4 Å². The summed E-state index contributed by atoms with van der Waals surface area (Å²) < 4.78 is 0. The number of rotatable bonds is 2. The summed E-state index contributed by atoms with van der Waals surface area (Å²) in [5.41, 5.74) is 0. The van der Waals surface area contributed by atoms with E-state index in [2.05, 4.69) is 24.2 Å². The summed E-state index contributed by atoms with van der Waals surface area (Å²) in [6.07, 6.45) is 1.94. The van der Waals surface area contributed by atoms with Gasteiger partial charge in [0.1, 0.15) is 6.42 Å². The Morgan fingerprint density at radius 2 is 2.43 bits per heavy atom. The first-order chi connectivity index (χ1) is 6.63. The molecule has 1 rings (SSSR count). The van der Waals surface area contributed by atoms with Crippen LogP contribution in [0.3, 0.4) is 0 Å². The van der Waals surface area contributed by atoms with Crippen molar-refractivity contribution in [3.8, 4) is 6.07 Å². The van der Waals surface area contributed by atoms with E-state index in [4.69, 9.17) is 5.26 Å². The molecule has 1 aliphatic heterocycles. The van der Waals surface area contributed by atoms with Gasteiger partial charge in [-0.25, -0.2) is 0 Å². The number of carbonyl (C=O) groups is 1. The van der Waals surface area contributed by atoms with Crippen molar-refractivity contribution >= 4 is 5.91 Å². The molecule has 2 atom stereocenters. The SMILES string of the molecule is CC1CC(NC(=O)CC#N)CCN1C. The Labute approximate surface area is 84.9 Å². The minimum atomic E-state index is -0.144. The van der Waals surface area contributed by atoms with Crippen molar-refractivity contribution in [2.24, 2.45) is 0 Å². The highest BCUT2D eigenvalue weighted by Crippen LogP contribution is 2.15. The quantitative estimate of drug-likeness (QED) is 0.698. The van der Waals surface area contributed by atoms with Crippen LogP contribution >= 0.6 is 0 Å². The number of nitrogens with one attached hydrogen (secondary N) is 1. The van der Waals surface area contributed by atoms with Gasteiger partial charge in [0.2, 0.25) is 5.91 Å². The molecule has 1 aliphatic rings. The summed E-state index contributed by atoms with van der Waals surface area (Å²) in [7, 11) is 2.10. The lowest BCUT2D eigenvalue weighted by Gasteiger charge is -2.35. The molecule has 0 spiro atoms. The number of hydrogen-bond donors (Lipinski definition) is 1. The standard InChI is InChI=1S/C10H17N3O/c1-8-7-9(4-6-13(8)2)12-10(14)3-5-11/h8-9H,3-4,6-7H2,1-2H3,(H,12,14). The van der Waals surface area contributed by atoms with Gasteiger partial charge in [0.15, 0.2) is 0 Å². The van der Waals surface area contributed by atoms with E-state index in [1.54, 1.807) is 0 Å². The van der Waals surface area contributed by atoms with E-state index in [0.717, 1.165) is 19.4 Å². The Morgan fingerprint density at radius 1 is 1.71 bits per heavy atom. The molecular weight excluding hydrogens is 178 g/mol. The molecule has 4 nitrogen and oxygen atoms in total. The Balaban J connectivity index is 2.33. The largest absolute Gasteiger partial charge is 0.352 e. The van der Waals surface area contributed by atoms with E-state index in [0.29, 0.717) is 6.04 Å². The predicted octanol–water partition coefficient (Wildman–Crippen LogP) is 0.499. The molecule has 0 aromatic carbocycles. The normalized spacial score (nSPS) is 28.1. The molecule has 0 aliphatic carbocycles. The van der Waals surface area contributed by atoms with Gasteiger partial charge in [-0.15, -0.1) is 0 Å². The van der Waals surface area contributed by atoms with Gasteiger partial charge in [0, 0.05) is 18.6 Å². The highest BCUT2D eigenvalue weighted by molar-refractivity contribution is 5.78. The fourth-order valence-electron chi connectivity index (χ4n) is 1.77. The maximum absolute atomic E-state index is 11.2. The van der Waals surface area contributed by atoms with Crippen LogP contribution in [0.5, 0.6) is 0 Å². The van der Waals surface area contributed by atoms with Gasteiger partial charge in [-0.2, -0.15) is 5.26 Å². The van der Waals surface area contributed by atoms with Crippen LogP contribution in [0.25, 0.3) is 0 Å². The number of amides is 1. The van der Waals surface area contributed by atoms with Crippen LogP contribution in [0.2, 0.25) is 0 Å². The third kappa shape index (κ3) is 3.00. The van der Waals surface area contributed by atoms with Gasteiger partial charge in [-0.1, -0.05) is 0 Å². The first-order valence-electron chi connectivity index (χ1n) is 5.00. The fraction of sp³-hybridized carbons (Fsp3) is 0.800. The molecule has 0 saturated carbocycles. The summed E-state index contributed by atoms with van der Waals surface area (Å²) in [6.45, 7) is 3.17. The number of carbonyl (C=O) groups excluding carboxylic acids is 1. The van der Waals surface area contributed by atoms with Gasteiger partial charge in [-0.3, -0.25) is 4.79 Å². The van der Waals surface area contributed by atoms with Gasteiger partial charge in [-0.05, 0) is 26.8 Å². The smallest absolute Gasteiger partial charge is 0.234 e. The van der Waals surface area contributed by atoms with Gasteiger partial charge >= 0.3 is 0 Å². The molecule has 1 heterocycles. The second-order valence-corrected chi connectivity index (χ2v) is 3.95. The molecule has 4 heteroatoms. The minimum absolute atomic E-state index is 0.0271. The summed E-state index contributed by atoms with van der Waals surface area (Å²) in [6, 6.07) is 2.62. The van der Waals surface area contributed by atoms with Gasteiger partial charge < -0.3 is 10.2 Å². The average Bonchev–Trinajstić information content (AvgIpc) is 2.12. The molecule has 1 saturated heterocycles. The van der Waals surface area contributed by atoms with Crippen LogP contribution in [-0.2, 0) is 4.79 Å². The average molecular weight is 195 g/mol. The Morgan fingerprint density at radius 3 is 3.00 bits per heavy atom. The van der Waals surface area contributed by atoms with Crippen molar-refractivity contribution in [3.05, 3.63) is 0 Å². The number of nitriles is 1. The van der Waals surface area contributed by atoms with Crippen LogP contribution in [0.4, 0.5) is 0 Å². The van der Waals surface area contributed by atoms with Crippen LogP contribution in [0.15, 0.2) is 0 Å². The molecule has 0 radical (unpaired) electrons. The number of likely N-dealkylation sites (tertiary alicyclic amines) is 1. The van der Waals surface area contributed by atoms with Crippen molar-refractivity contribution < 1.29 is 4.79 Å². The van der Waals surface area contributed by atoms with Crippen LogP contribution < -0.4 is 5.32 Å². The molecule has 1 fully saturated rings. The zero-order valence-electron chi connectivity index (χ0n) is 8.79. The summed E-state index contributed by atoms with van der Waals surface area (Å²) in [5.74, 6) is -0.144. The first kappa shape index (κ1) is 11.0. The Hall–Kier alpha value is -1.08. The van der Waals surface area contributed by atoms with Crippen molar-refractivity contribution in [1.29, 1.82) is 5.26 Å². The summed E-state index contributed by atoms with van der Waals surface area (Å²) >= 11 is 0. The third-order valence-corrected chi connectivity index (χ3v) is 2.81. The van der Waals surface area contributed by atoms with Crippen LogP contribution in [-0.4, -0.2) is 36.5 Å². The molecule has 1 N–H and O–H groups in total. The molecule has 0 aromatic rings. The third-order valence-electron chi connectivity index (χ3n) is 2.81. The van der Waals surface area contributed by atoms with Gasteiger partial charge in [0.05, 0.1) is 6.07 Å². The van der Waals surface area contributed by atoms with Crippen LogP contribution in [0, 0.1) is 11.3 Å². The molecular formula is C10H17N3O. The van der Waals surface area contributed by atoms with E-state index in [1.165, 1.54) is 0 Å². The molecule has 0 aromatic heterocycles. The summed E-state index contributed by atoms with van der Waals surface area (Å²) in [4.78, 5) is 13.4. The van der Waals surface area contributed by atoms with Gasteiger partial charge in [0.25, 0.3) is 0 Å². The van der Waals surface area contributed by atoms with Crippen molar-refractivity contribution in [2.75, 3.05) is 13.6 Å². The van der Waals surface area contributed by atoms with E-state index in [9.17, 15) is 4.79 Å². The summed E-state index contributed by atoms with van der Waals surface area (Å²) in [5, 5.41) is 11.2. The lowest BCUT2D eigenvalue weighted by Crippen LogP contribution is -2.47. The maximum Gasteiger partial charge on any atom is 0.234 e. The highest BCUT2D eigenvalue weighted by Gasteiger charge is 2.23. The Kier molecular flexibility index (Phi) is 3.90. The van der Waals surface area contributed by atoms with Crippen LogP contribution in [0.1, 0.15) is 26.2 Å². The lowest BCUT2D eigenvalue weighted by molar-refractivity contribution is -0.121.